The van der Waals surface area contributed by atoms with Crippen LogP contribution < -0.4 is 5.30 Å². The molecule has 0 saturated heterocycles. The topological polar surface area (TPSA) is 9.86 Å². The van der Waals surface area contributed by atoms with Crippen LogP contribution in [-0.2, 0) is 0 Å². The summed E-state index contributed by atoms with van der Waals surface area (Å²) in [5, 5.41) is 1.35. The van der Waals surface area contributed by atoms with Crippen molar-refractivity contribution in [3.8, 4) is 11.1 Å². The largest absolute Gasteiger partial charge is 0.312 e. The Kier molecular flexibility index (Phi) is 3.83. The molecule has 0 aliphatic carbocycles. The molecule has 2 heterocycles. The first-order valence-corrected chi connectivity index (χ1v) is 8.89. The van der Waals surface area contributed by atoms with Gasteiger partial charge in [-0.1, -0.05) is 54.6 Å². The van der Waals surface area contributed by atoms with Crippen molar-refractivity contribution in [1.29, 1.82) is 0 Å². The molecule has 0 bridgehead atoms. The van der Waals surface area contributed by atoms with Crippen molar-refractivity contribution in [2.45, 2.75) is 0 Å². The first-order valence-electron chi connectivity index (χ1n) is 7.64. The molecule has 4 aromatic rings. The van der Waals surface area contributed by atoms with Crippen molar-refractivity contribution in [3.05, 3.63) is 104 Å². The second kappa shape index (κ2) is 6.28. The van der Waals surface area contributed by atoms with Crippen LogP contribution in [0.1, 0.15) is 0 Å². The van der Waals surface area contributed by atoms with E-state index in [4.69, 9.17) is 0 Å². The molecule has 0 aliphatic rings. The highest BCUT2D eigenvalue weighted by molar-refractivity contribution is 7.62. The van der Waals surface area contributed by atoms with Gasteiger partial charge >= 0.3 is 0 Å². The maximum atomic E-state index is 2.30. The molecular weight excluding hydrogens is 299 g/mol. The Labute approximate surface area is 137 Å². The lowest BCUT2D eigenvalue weighted by atomic mass is 10.1. The van der Waals surface area contributed by atoms with E-state index >= 15 is 0 Å². The molecule has 0 fully saturated rings. The van der Waals surface area contributed by atoms with E-state index in [1.54, 1.807) is 0 Å². The fraction of sp³-hybridized carbons (Fsp3) is 0. The molecule has 0 radical (unpaired) electrons. The third-order valence-electron chi connectivity index (χ3n) is 3.82. The summed E-state index contributed by atoms with van der Waals surface area (Å²) < 4.78 is 4.61. The molecular formula is C20H17N2P. The van der Waals surface area contributed by atoms with Crippen molar-refractivity contribution >= 4 is 13.5 Å². The molecule has 0 saturated carbocycles. The van der Waals surface area contributed by atoms with Gasteiger partial charge in [-0.25, -0.2) is 0 Å². The first kappa shape index (κ1) is 14.0. The number of hydrogen-bond donors (Lipinski definition) is 0. The van der Waals surface area contributed by atoms with Gasteiger partial charge in [-0.2, -0.15) is 0 Å². The number of aromatic nitrogens is 2. The minimum Gasteiger partial charge on any atom is -0.312 e. The average molecular weight is 316 g/mol. The van der Waals surface area contributed by atoms with E-state index in [1.807, 2.05) is 0 Å². The summed E-state index contributed by atoms with van der Waals surface area (Å²) in [6.45, 7) is 0. The maximum Gasteiger partial charge on any atom is 0.137 e. The average Bonchev–Trinajstić information content (AvgIpc) is 3.31. The summed E-state index contributed by atoms with van der Waals surface area (Å²) in [4.78, 5) is 0. The van der Waals surface area contributed by atoms with Crippen LogP contribution in [0, 0.1) is 0 Å². The summed E-state index contributed by atoms with van der Waals surface area (Å²) in [7, 11) is -0.683. The predicted octanol–water partition coefficient (Wildman–Crippen LogP) is 4.99. The Morgan fingerprint density at radius 3 is 1.65 bits per heavy atom. The highest BCUT2D eigenvalue weighted by Crippen LogP contribution is 2.41. The SMILES string of the molecule is c1ccc(-c2ccccc2P(n2cccc2)n2cccc2)cc1. The van der Waals surface area contributed by atoms with Crippen molar-refractivity contribution in [3.63, 3.8) is 0 Å². The molecule has 2 aromatic heterocycles. The van der Waals surface area contributed by atoms with E-state index in [-0.39, 0.29) is 0 Å². The quantitative estimate of drug-likeness (QED) is 0.469. The normalized spacial score (nSPS) is 11.0. The van der Waals surface area contributed by atoms with E-state index in [9.17, 15) is 0 Å². The molecule has 4 rings (SSSR count). The summed E-state index contributed by atoms with van der Waals surface area (Å²) in [5.74, 6) is 0. The van der Waals surface area contributed by atoms with Crippen LogP contribution in [0.2, 0.25) is 0 Å². The zero-order valence-corrected chi connectivity index (χ0v) is 13.6. The van der Waals surface area contributed by atoms with Crippen molar-refractivity contribution in [1.82, 2.24) is 8.68 Å². The minimum absolute atomic E-state index is 0.683. The van der Waals surface area contributed by atoms with Crippen LogP contribution in [0.5, 0.6) is 0 Å². The lowest BCUT2D eigenvalue weighted by Gasteiger charge is -2.23. The Balaban J connectivity index is 1.91. The predicted molar refractivity (Wildman–Crippen MR) is 98.1 cm³/mol. The second-order valence-corrected chi connectivity index (χ2v) is 7.28. The lowest BCUT2D eigenvalue weighted by molar-refractivity contribution is 1.15. The Hall–Kier alpha value is -2.57. The van der Waals surface area contributed by atoms with Gasteiger partial charge in [0.25, 0.3) is 0 Å². The maximum absolute atomic E-state index is 2.30. The van der Waals surface area contributed by atoms with Crippen LogP contribution in [0.3, 0.4) is 0 Å². The number of rotatable bonds is 4. The summed E-state index contributed by atoms with van der Waals surface area (Å²) >= 11 is 0. The van der Waals surface area contributed by atoms with Gasteiger partial charge in [-0.05, 0) is 35.4 Å². The minimum atomic E-state index is -0.683. The number of benzene rings is 2. The molecule has 0 amide bonds. The highest BCUT2D eigenvalue weighted by Gasteiger charge is 2.18. The standard InChI is InChI=1S/C20H17N2P/c1-2-10-18(11-3-1)19-12-4-5-13-20(19)23(21-14-6-7-15-21)22-16-8-9-17-22/h1-17H. The molecule has 2 nitrogen and oxygen atoms in total. The van der Waals surface area contributed by atoms with Gasteiger partial charge in [0.2, 0.25) is 0 Å². The second-order valence-electron chi connectivity index (χ2n) is 5.30. The molecule has 0 aliphatic heterocycles. The summed E-state index contributed by atoms with van der Waals surface area (Å²) in [6, 6.07) is 27.7. The van der Waals surface area contributed by atoms with E-state index in [2.05, 4.69) is 112 Å². The fourth-order valence-electron chi connectivity index (χ4n) is 2.78. The molecule has 0 spiro atoms. The highest BCUT2D eigenvalue weighted by atomic mass is 31.1. The third-order valence-corrected chi connectivity index (χ3v) is 6.05. The molecule has 2 aromatic carbocycles. The summed E-state index contributed by atoms with van der Waals surface area (Å²) in [6.07, 6.45) is 8.59. The van der Waals surface area contributed by atoms with Crippen LogP contribution in [-0.4, -0.2) is 8.68 Å². The molecule has 0 unspecified atom stereocenters. The van der Waals surface area contributed by atoms with Gasteiger partial charge in [0.05, 0.1) is 0 Å². The van der Waals surface area contributed by atoms with Crippen LogP contribution >= 0.6 is 8.22 Å². The number of hydrogen-bond acceptors (Lipinski definition) is 0. The van der Waals surface area contributed by atoms with Crippen LogP contribution in [0.4, 0.5) is 0 Å². The van der Waals surface area contributed by atoms with Gasteiger partial charge in [0.1, 0.15) is 8.22 Å². The smallest absolute Gasteiger partial charge is 0.137 e. The Morgan fingerprint density at radius 1 is 0.522 bits per heavy atom. The van der Waals surface area contributed by atoms with Gasteiger partial charge in [0, 0.05) is 30.1 Å². The van der Waals surface area contributed by atoms with Gasteiger partial charge in [-0.15, -0.1) is 0 Å². The number of nitrogens with zero attached hydrogens (tertiary/aromatic N) is 2. The van der Waals surface area contributed by atoms with Crippen LogP contribution in [0.15, 0.2) is 104 Å². The molecule has 112 valence electrons. The van der Waals surface area contributed by atoms with Gasteiger partial charge < -0.3 is 8.68 Å². The monoisotopic (exact) mass is 316 g/mol. The molecule has 3 heteroatoms. The first-order chi connectivity index (χ1) is 11.4. The van der Waals surface area contributed by atoms with Crippen molar-refractivity contribution in [2.75, 3.05) is 0 Å². The van der Waals surface area contributed by atoms with E-state index < -0.39 is 8.22 Å². The van der Waals surface area contributed by atoms with E-state index in [0.717, 1.165) is 0 Å². The Morgan fingerprint density at radius 2 is 1.04 bits per heavy atom. The Bertz CT molecular complexity index is 831. The van der Waals surface area contributed by atoms with Gasteiger partial charge in [-0.3, -0.25) is 0 Å². The fourth-order valence-corrected chi connectivity index (χ4v) is 4.97. The molecule has 0 N–H and O–H groups in total. The molecule has 23 heavy (non-hydrogen) atoms. The van der Waals surface area contributed by atoms with E-state index in [1.165, 1.54) is 16.4 Å². The van der Waals surface area contributed by atoms with E-state index in [0.29, 0.717) is 0 Å². The van der Waals surface area contributed by atoms with Crippen LogP contribution in [0.25, 0.3) is 11.1 Å². The zero-order valence-electron chi connectivity index (χ0n) is 12.7. The summed E-state index contributed by atoms with van der Waals surface area (Å²) in [5.41, 5.74) is 2.55. The zero-order chi connectivity index (χ0) is 15.5. The van der Waals surface area contributed by atoms with Crippen molar-refractivity contribution < 1.29 is 0 Å². The van der Waals surface area contributed by atoms with Crippen molar-refractivity contribution in [2.24, 2.45) is 0 Å². The molecule has 0 atom stereocenters. The van der Waals surface area contributed by atoms with Gasteiger partial charge in [0.15, 0.2) is 0 Å². The lowest BCUT2D eigenvalue weighted by Crippen LogP contribution is -2.13. The third kappa shape index (κ3) is 2.74.